The lowest BCUT2D eigenvalue weighted by Gasteiger charge is -2.13. The maximum atomic E-state index is 12.6. The number of carbonyl (C=O) groups excluding carboxylic acids is 2. The van der Waals surface area contributed by atoms with Crippen molar-refractivity contribution in [3.05, 3.63) is 120 Å². The molecule has 1 heterocycles. The molecule has 2 atom stereocenters. The molecular weight excluding hydrogens is 468 g/mol. The highest BCUT2D eigenvalue weighted by atomic mass is 32.2. The van der Waals surface area contributed by atoms with Crippen LogP contribution < -0.4 is 0 Å². The number of hydrogen-bond acceptors (Lipinski definition) is 5. The van der Waals surface area contributed by atoms with Crippen LogP contribution in [-0.4, -0.2) is 35.7 Å². The third kappa shape index (κ3) is 5.86. The molecule has 4 aromatic carbocycles. The maximum absolute atomic E-state index is 12.6. The molecule has 0 spiro atoms. The Labute approximate surface area is 215 Å². The second kappa shape index (κ2) is 11.3. The van der Waals surface area contributed by atoms with E-state index in [1.54, 1.807) is 36.0 Å². The van der Waals surface area contributed by atoms with E-state index in [0.717, 1.165) is 22.3 Å². The van der Waals surface area contributed by atoms with Gasteiger partial charge in [0.2, 0.25) is 0 Å². The molecule has 36 heavy (non-hydrogen) atoms. The minimum atomic E-state index is -0.339. The second-order valence-corrected chi connectivity index (χ2v) is 10.0. The van der Waals surface area contributed by atoms with E-state index in [-0.39, 0.29) is 23.3 Å². The van der Waals surface area contributed by atoms with E-state index in [4.69, 9.17) is 9.47 Å². The first kappa shape index (κ1) is 23.9. The van der Waals surface area contributed by atoms with Crippen LogP contribution in [0.25, 0.3) is 22.3 Å². The Morgan fingerprint density at radius 2 is 1.11 bits per heavy atom. The van der Waals surface area contributed by atoms with Crippen LogP contribution in [0.5, 0.6) is 0 Å². The molecule has 0 radical (unpaired) electrons. The van der Waals surface area contributed by atoms with Crippen LogP contribution in [0.2, 0.25) is 0 Å². The van der Waals surface area contributed by atoms with Gasteiger partial charge in [0.25, 0.3) is 0 Å². The highest BCUT2D eigenvalue weighted by Gasteiger charge is 2.29. The number of benzene rings is 4. The molecule has 4 aromatic rings. The average Bonchev–Trinajstić information content (AvgIpc) is 3.40. The summed E-state index contributed by atoms with van der Waals surface area (Å²) in [6, 6.07) is 35.0. The molecule has 5 heteroatoms. The molecule has 5 rings (SSSR count). The van der Waals surface area contributed by atoms with Crippen LogP contribution in [0, 0.1) is 0 Å². The number of rotatable bonds is 7. The van der Waals surface area contributed by atoms with Crippen LogP contribution in [-0.2, 0) is 9.47 Å². The fourth-order valence-electron chi connectivity index (χ4n) is 4.20. The first-order valence-corrected chi connectivity index (χ1v) is 13.0. The predicted octanol–water partition coefficient (Wildman–Crippen LogP) is 6.91. The largest absolute Gasteiger partial charge is 0.461 e. The fourth-order valence-corrected chi connectivity index (χ4v) is 5.41. The number of esters is 2. The van der Waals surface area contributed by atoms with E-state index in [2.05, 4.69) is 0 Å². The average molecular weight is 495 g/mol. The van der Waals surface area contributed by atoms with Crippen LogP contribution in [0.1, 0.15) is 27.1 Å². The lowest BCUT2D eigenvalue weighted by atomic mass is 10.0. The number of hydrogen-bond donors (Lipinski definition) is 0. The Morgan fingerprint density at radius 3 is 1.64 bits per heavy atom. The molecule has 180 valence electrons. The van der Waals surface area contributed by atoms with E-state index < -0.39 is 0 Å². The fraction of sp³-hybridized carbons (Fsp3) is 0.161. The van der Waals surface area contributed by atoms with Gasteiger partial charge in [-0.15, -0.1) is 0 Å². The van der Waals surface area contributed by atoms with Crippen molar-refractivity contribution >= 4 is 23.7 Å². The van der Waals surface area contributed by atoms with Crippen LogP contribution in [0.15, 0.2) is 109 Å². The van der Waals surface area contributed by atoms with Crippen molar-refractivity contribution in [3.63, 3.8) is 0 Å². The number of carbonyl (C=O) groups is 2. The summed E-state index contributed by atoms with van der Waals surface area (Å²) in [6.45, 7) is 0.295. The molecule has 0 bridgehead atoms. The van der Waals surface area contributed by atoms with Crippen molar-refractivity contribution in [1.82, 2.24) is 0 Å². The molecule has 1 aliphatic rings. The summed E-state index contributed by atoms with van der Waals surface area (Å²) in [4.78, 5) is 25.1. The molecule has 0 aliphatic carbocycles. The van der Waals surface area contributed by atoms with Crippen molar-refractivity contribution < 1.29 is 19.1 Å². The van der Waals surface area contributed by atoms with Crippen molar-refractivity contribution in [1.29, 1.82) is 0 Å². The van der Waals surface area contributed by atoms with Crippen LogP contribution in [0.3, 0.4) is 0 Å². The maximum Gasteiger partial charge on any atom is 0.338 e. The Balaban J connectivity index is 1.09. The van der Waals surface area contributed by atoms with Gasteiger partial charge in [0.05, 0.1) is 11.1 Å². The molecular formula is C31H26O4S. The highest BCUT2D eigenvalue weighted by Crippen LogP contribution is 2.30. The smallest absolute Gasteiger partial charge is 0.338 e. The second-order valence-electron chi connectivity index (χ2n) is 8.70. The predicted molar refractivity (Wildman–Crippen MR) is 144 cm³/mol. The standard InChI is InChI=1S/C31H26O4S/c32-30(26-15-11-24(12-16-26)22-7-3-1-4-8-22)34-20-29-19-28(21-36-29)35-31(33)27-17-13-25(14-18-27)23-9-5-2-6-10-23/h1-18,28-29H,19-21H2/t28?,29-/m1/s1. The topological polar surface area (TPSA) is 52.6 Å². The molecule has 1 saturated heterocycles. The zero-order valence-corrected chi connectivity index (χ0v) is 20.5. The lowest BCUT2D eigenvalue weighted by molar-refractivity contribution is 0.0317. The molecule has 1 aliphatic heterocycles. The van der Waals surface area contributed by atoms with Crippen LogP contribution >= 0.6 is 11.8 Å². The number of thioether (sulfide) groups is 1. The van der Waals surface area contributed by atoms with E-state index in [0.29, 0.717) is 29.9 Å². The van der Waals surface area contributed by atoms with E-state index in [1.165, 1.54) is 0 Å². The molecule has 0 amide bonds. The van der Waals surface area contributed by atoms with Gasteiger partial charge in [-0.3, -0.25) is 0 Å². The zero-order valence-electron chi connectivity index (χ0n) is 19.7. The van der Waals surface area contributed by atoms with Crippen LogP contribution in [0.4, 0.5) is 0 Å². The van der Waals surface area contributed by atoms with Gasteiger partial charge in [0.15, 0.2) is 0 Å². The minimum absolute atomic E-state index is 0.107. The summed E-state index contributed by atoms with van der Waals surface area (Å²) in [5.41, 5.74) is 5.38. The van der Waals surface area contributed by atoms with Crippen molar-refractivity contribution in [2.75, 3.05) is 12.4 Å². The van der Waals surface area contributed by atoms with Gasteiger partial charge in [-0.05, 0) is 46.5 Å². The summed E-state index contributed by atoms with van der Waals surface area (Å²) in [5.74, 6) is 0.0347. The highest BCUT2D eigenvalue weighted by molar-refractivity contribution is 8.00. The summed E-state index contributed by atoms with van der Waals surface area (Å²) in [7, 11) is 0. The first-order chi connectivity index (χ1) is 17.7. The first-order valence-electron chi connectivity index (χ1n) is 12.0. The molecule has 1 fully saturated rings. The summed E-state index contributed by atoms with van der Waals surface area (Å²) >= 11 is 1.67. The van der Waals surface area contributed by atoms with Gasteiger partial charge in [0, 0.05) is 17.4 Å². The normalized spacial score (nSPS) is 16.9. The molecule has 1 unspecified atom stereocenters. The van der Waals surface area contributed by atoms with Gasteiger partial charge in [-0.2, -0.15) is 11.8 Å². The molecule has 4 nitrogen and oxygen atoms in total. The summed E-state index contributed by atoms with van der Waals surface area (Å²) in [6.07, 6.45) is 0.476. The number of ether oxygens (including phenoxy) is 2. The van der Waals surface area contributed by atoms with E-state index in [1.807, 2.05) is 84.9 Å². The Bertz CT molecular complexity index is 1300. The molecule has 0 N–H and O–H groups in total. The SMILES string of the molecule is O=C(OC[C@H]1CC(OC(=O)c2ccc(-c3ccccc3)cc2)CS1)c1ccc(-c2ccccc2)cc1. The lowest BCUT2D eigenvalue weighted by Crippen LogP contribution is -2.20. The Morgan fingerprint density at radius 1 is 0.639 bits per heavy atom. The van der Waals surface area contributed by atoms with Crippen molar-refractivity contribution in [2.45, 2.75) is 17.8 Å². The quantitative estimate of drug-likeness (QED) is 0.261. The van der Waals surface area contributed by atoms with Crippen molar-refractivity contribution in [3.8, 4) is 22.3 Å². The Kier molecular flexibility index (Phi) is 7.48. The summed E-state index contributed by atoms with van der Waals surface area (Å²) in [5, 5.41) is 0.107. The third-order valence-electron chi connectivity index (χ3n) is 6.17. The molecule has 0 aromatic heterocycles. The zero-order chi connectivity index (χ0) is 24.7. The molecule has 0 saturated carbocycles. The van der Waals surface area contributed by atoms with Gasteiger partial charge < -0.3 is 9.47 Å². The summed E-state index contributed by atoms with van der Waals surface area (Å²) < 4.78 is 11.3. The minimum Gasteiger partial charge on any atom is -0.461 e. The van der Waals surface area contributed by atoms with Gasteiger partial charge in [-0.1, -0.05) is 84.9 Å². The van der Waals surface area contributed by atoms with Crippen molar-refractivity contribution in [2.24, 2.45) is 0 Å². The third-order valence-corrected chi connectivity index (χ3v) is 7.54. The van der Waals surface area contributed by atoms with Gasteiger partial charge >= 0.3 is 11.9 Å². The van der Waals surface area contributed by atoms with E-state index >= 15 is 0 Å². The van der Waals surface area contributed by atoms with E-state index in [9.17, 15) is 9.59 Å². The van der Waals surface area contributed by atoms with Gasteiger partial charge in [0.1, 0.15) is 12.7 Å². The van der Waals surface area contributed by atoms with Gasteiger partial charge in [-0.25, -0.2) is 9.59 Å². The monoisotopic (exact) mass is 494 g/mol. The Hall–Kier alpha value is -3.83.